The molecule has 0 saturated carbocycles. The van der Waals surface area contributed by atoms with E-state index in [0.717, 1.165) is 30.6 Å². The summed E-state index contributed by atoms with van der Waals surface area (Å²) in [5.41, 5.74) is -2.04. The Morgan fingerprint density at radius 1 is 0.789 bits per heavy atom. The van der Waals surface area contributed by atoms with Gasteiger partial charge < -0.3 is 10.2 Å². The molecule has 16 nitrogen and oxygen atoms in total. The fourth-order valence-corrected chi connectivity index (χ4v) is 9.23. The lowest BCUT2D eigenvalue weighted by Crippen LogP contribution is -2.54. The third-order valence-corrected chi connectivity index (χ3v) is 12.5. The minimum atomic E-state index is -5.05. The number of hydrogen-bond donors (Lipinski definition) is 2. The van der Waals surface area contributed by atoms with Crippen LogP contribution in [0.4, 0.5) is 16.2 Å². The minimum Gasteiger partial charge on any atom is -0.322 e. The second kappa shape index (κ2) is 16.6. The Hall–Kier alpha value is -4.17. The number of aryl methyl sites for hydroxylation is 2. The van der Waals surface area contributed by atoms with Crippen molar-refractivity contribution < 1.29 is 36.1 Å². The molecule has 57 heavy (non-hydrogen) atoms. The van der Waals surface area contributed by atoms with Gasteiger partial charge in [-0.05, 0) is 76.6 Å². The summed E-state index contributed by atoms with van der Waals surface area (Å²) in [6, 6.07) is 4.22. The Morgan fingerprint density at radius 2 is 1.30 bits per heavy atom. The molecule has 22 heteroatoms. The summed E-state index contributed by atoms with van der Waals surface area (Å²) in [4.78, 5) is 63.8. The smallest absolute Gasteiger partial charge is 0.322 e. The molecule has 0 radical (unpaired) electrons. The largest absolute Gasteiger partial charge is 0.449 e. The van der Waals surface area contributed by atoms with Crippen LogP contribution in [-0.4, -0.2) is 64.5 Å². The van der Waals surface area contributed by atoms with E-state index < -0.39 is 64.6 Å². The topological polar surface area (TPSA) is 225 Å². The maximum absolute atomic E-state index is 14.7. The highest BCUT2D eigenvalue weighted by molar-refractivity contribution is 7.89. The first-order valence-corrected chi connectivity index (χ1v) is 21.1. The van der Waals surface area contributed by atoms with E-state index in [1.165, 1.54) is 33.8 Å². The van der Waals surface area contributed by atoms with Crippen LogP contribution in [0.25, 0.3) is 0 Å². The minimum absolute atomic E-state index is 0.0326. The zero-order valence-electron chi connectivity index (χ0n) is 32.0. The Kier molecular flexibility index (Phi) is 13.3. The predicted octanol–water partition coefficient (Wildman–Crippen LogP) is 7.62. The summed E-state index contributed by atoms with van der Waals surface area (Å²) in [6.07, 6.45) is 0.448. The molecule has 4 aromatic heterocycles. The van der Waals surface area contributed by atoms with Gasteiger partial charge in [0.1, 0.15) is 10.3 Å². The number of aromatic nitrogens is 4. The van der Waals surface area contributed by atoms with Gasteiger partial charge in [-0.25, -0.2) is 38.3 Å². The van der Waals surface area contributed by atoms with Crippen LogP contribution in [0.2, 0.25) is 20.4 Å². The molecule has 0 fully saturated rings. The van der Waals surface area contributed by atoms with E-state index in [4.69, 9.17) is 56.4 Å². The molecular formula is C35H38Cl4N8O8S2. The van der Waals surface area contributed by atoms with Crippen molar-refractivity contribution in [2.75, 3.05) is 10.4 Å². The van der Waals surface area contributed by atoms with Gasteiger partial charge in [0.15, 0.2) is 10.1 Å². The lowest BCUT2D eigenvalue weighted by Gasteiger charge is -2.40. The van der Waals surface area contributed by atoms with Gasteiger partial charge in [-0.2, -0.15) is 12.7 Å². The van der Waals surface area contributed by atoms with Gasteiger partial charge in [0, 0.05) is 30.2 Å². The molecule has 0 atom stereocenters. The fraction of sp³-hybridized carbons (Fsp3) is 0.343. The lowest BCUT2D eigenvalue weighted by molar-refractivity contribution is 0.0612. The molecule has 3 N–H and O–H groups in total. The van der Waals surface area contributed by atoms with Crippen molar-refractivity contribution in [2.45, 2.75) is 84.3 Å². The van der Waals surface area contributed by atoms with E-state index in [-0.39, 0.29) is 54.8 Å². The number of hydrogen-bond acceptors (Lipinski definition) is 12. The van der Waals surface area contributed by atoms with E-state index >= 15 is 0 Å². The van der Waals surface area contributed by atoms with Gasteiger partial charge in [0.2, 0.25) is 0 Å². The number of nitrogens with two attached hydrogens (primary N) is 1. The summed E-state index contributed by atoms with van der Waals surface area (Å²) in [5.74, 6) is -1.96. The number of nitrogens with zero attached hydrogens (tertiary/aromatic N) is 6. The lowest BCUT2D eigenvalue weighted by atomic mass is 9.82. The monoisotopic (exact) mass is 902 g/mol. The van der Waals surface area contributed by atoms with Crippen molar-refractivity contribution in [1.82, 2.24) is 24.2 Å². The molecule has 0 aromatic carbocycles. The summed E-state index contributed by atoms with van der Waals surface area (Å²) in [5, 5.41) is 6.49. The zero-order valence-corrected chi connectivity index (χ0v) is 36.7. The summed E-state index contributed by atoms with van der Waals surface area (Å²) >= 11 is 25.4. The zero-order chi connectivity index (χ0) is 43.2. The van der Waals surface area contributed by atoms with Crippen molar-refractivity contribution in [3.05, 3.63) is 90.7 Å². The molecule has 0 saturated heterocycles. The van der Waals surface area contributed by atoms with E-state index in [1.54, 1.807) is 34.6 Å². The Labute approximate surface area is 350 Å². The highest BCUT2D eigenvalue weighted by Crippen LogP contribution is 2.37. The number of carbonyl (C=O) groups is 3. The SMILES string of the molecule is Cc1nc(Cl)c(C(=O)Nc2ccnc(S(=O)(=O)N(C(=O)ON(C(=O)c3c(Cl)nc(C)c(Cl)c3C)c3ccnc(S(N)(=O)=O)c3)C(C)(C)CC(C)(C)C)c2)c(C)c1Cl. The maximum atomic E-state index is 14.7. The molecule has 4 aromatic rings. The van der Waals surface area contributed by atoms with Crippen LogP contribution in [0, 0.1) is 33.1 Å². The first-order chi connectivity index (χ1) is 26.1. The molecular weight excluding hydrogens is 866 g/mol. The molecule has 3 amide bonds. The Bertz CT molecular complexity index is 2530. The summed E-state index contributed by atoms with van der Waals surface area (Å²) in [7, 11) is -9.53. The molecule has 0 bridgehead atoms. The number of sulfonamides is 2. The number of carbonyl (C=O) groups excluding carboxylic acids is 3. The molecule has 0 spiro atoms. The van der Waals surface area contributed by atoms with E-state index in [0.29, 0.717) is 20.6 Å². The Morgan fingerprint density at radius 3 is 1.84 bits per heavy atom. The van der Waals surface area contributed by atoms with Crippen LogP contribution in [0.3, 0.4) is 0 Å². The first kappa shape index (κ1) is 45.5. The van der Waals surface area contributed by atoms with E-state index in [1.807, 2.05) is 0 Å². The van der Waals surface area contributed by atoms with Crippen LogP contribution in [-0.2, 0) is 24.9 Å². The fourth-order valence-electron chi connectivity index (χ4n) is 6.15. The third kappa shape index (κ3) is 9.93. The van der Waals surface area contributed by atoms with Crippen LogP contribution in [0.1, 0.15) is 84.3 Å². The standard InChI is InChI=1S/C35H38Cl4N8O8S2/c1-17-25(29(38)43-19(3)27(17)36)31(48)45-21-10-12-42-24(14-21)57(53,54)47(35(8,9)16-34(5,6)7)33(50)55-46(22-11-13-41-23(15-22)56(40,51)52)32(49)26-18(2)28(37)20(4)44-30(26)39/h10-15H,16H2,1-9H3,(H2,40,51,52)(H,42,45,48). The number of rotatable bonds is 9. The van der Waals surface area contributed by atoms with Crippen LogP contribution in [0.15, 0.2) is 46.7 Å². The normalized spacial score (nSPS) is 12.2. The molecule has 0 aliphatic rings. The second-order valence-electron chi connectivity index (χ2n) is 14.6. The quantitative estimate of drug-likeness (QED) is 0.122. The highest BCUT2D eigenvalue weighted by atomic mass is 35.5. The first-order valence-electron chi connectivity index (χ1n) is 16.6. The maximum Gasteiger partial charge on any atom is 0.449 e. The second-order valence-corrected chi connectivity index (χ2v) is 19.3. The average Bonchev–Trinajstić information content (AvgIpc) is 3.07. The van der Waals surface area contributed by atoms with Crippen molar-refractivity contribution >= 4 is 95.7 Å². The van der Waals surface area contributed by atoms with Gasteiger partial charge in [-0.1, -0.05) is 67.2 Å². The third-order valence-electron chi connectivity index (χ3n) is 8.20. The number of halogens is 4. The average molecular weight is 905 g/mol. The number of hydroxylamine groups is 1. The van der Waals surface area contributed by atoms with E-state index in [9.17, 15) is 31.2 Å². The number of anilines is 2. The number of amides is 3. The predicted molar refractivity (Wildman–Crippen MR) is 216 cm³/mol. The van der Waals surface area contributed by atoms with Crippen molar-refractivity contribution in [2.24, 2.45) is 10.6 Å². The highest BCUT2D eigenvalue weighted by Gasteiger charge is 2.46. The van der Waals surface area contributed by atoms with Gasteiger partial charge >= 0.3 is 6.09 Å². The molecule has 4 heterocycles. The number of pyridine rings is 4. The van der Waals surface area contributed by atoms with Gasteiger partial charge in [0.05, 0.1) is 43.8 Å². The molecule has 306 valence electrons. The summed E-state index contributed by atoms with van der Waals surface area (Å²) in [6.45, 7) is 14.5. The molecule has 0 aliphatic heterocycles. The van der Waals surface area contributed by atoms with Gasteiger partial charge in [-0.3, -0.25) is 9.59 Å². The molecule has 0 aliphatic carbocycles. The molecule has 0 unspecified atom stereocenters. The van der Waals surface area contributed by atoms with Crippen LogP contribution >= 0.6 is 46.4 Å². The van der Waals surface area contributed by atoms with Crippen LogP contribution in [0.5, 0.6) is 0 Å². The van der Waals surface area contributed by atoms with Gasteiger partial charge in [0.25, 0.3) is 31.9 Å². The van der Waals surface area contributed by atoms with E-state index in [2.05, 4.69) is 25.3 Å². The Balaban J connectivity index is 1.88. The number of nitrogens with one attached hydrogen (secondary N) is 1. The molecule has 4 rings (SSSR count). The number of primary sulfonamides is 1. The van der Waals surface area contributed by atoms with Crippen molar-refractivity contribution in [3.8, 4) is 0 Å². The summed E-state index contributed by atoms with van der Waals surface area (Å²) < 4.78 is 54.3. The van der Waals surface area contributed by atoms with Crippen LogP contribution < -0.4 is 15.5 Å². The van der Waals surface area contributed by atoms with Gasteiger partial charge in [-0.15, -0.1) is 5.06 Å². The van der Waals surface area contributed by atoms with Crippen molar-refractivity contribution in [3.63, 3.8) is 0 Å². The van der Waals surface area contributed by atoms with Crippen molar-refractivity contribution in [1.29, 1.82) is 0 Å².